The van der Waals surface area contributed by atoms with E-state index >= 15 is 0 Å². The minimum atomic E-state index is 0.0167. The van der Waals surface area contributed by atoms with Crippen LogP contribution in [-0.4, -0.2) is 39.2 Å². The van der Waals surface area contributed by atoms with Crippen molar-refractivity contribution in [2.75, 3.05) is 13.1 Å². The lowest BCUT2D eigenvalue weighted by atomic mass is 9.92. The number of aromatic nitrogens is 3. The van der Waals surface area contributed by atoms with Crippen molar-refractivity contribution in [1.29, 1.82) is 0 Å². The standard InChI is InChI=1S/C27H28N4O3/c1-19-25(30-34-29-19)18-33-26-9-3-2-8-23(26)27(32)31-14-5-6-20(12-15-31)16-21-10-11-24-22(17-21)7-4-13-28-24/h2-4,7-11,13,17,20H,5-6,12,14-16,18H2,1H3. The van der Waals surface area contributed by atoms with Gasteiger partial charge in [-0.15, -0.1) is 0 Å². The first-order valence-corrected chi connectivity index (χ1v) is 11.8. The lowest BCUT2D eigenvalue weighted by molar-refractivity contribution is 0.0755. The van der Waals surface area contributed by atoms with Crippen molar-refractivity contribution >= 4 is 16.8 Å². The number of carbonyl (C=O) groups excluding carboxylic acids is 1. The van der Waals surface area contributed by atoms with Gasteiger partial charge in [0.25, 0.3) is 5.91 Å². The molecule has 34 heavy (non-hydrogen) atoms. The van der Waals surface area contributed by atoms with Gasteiger partial charge in [-0.1, -0.05) is 34.6 Å². The van der Waals surface area contributed by atoms with E-state index < -0.39 is 0 Å². The van der Waals surface area contributed by atoms with Crippen molar-refractivity contribution in [3.8, 4) is 5.75 Å². The van der Waals surface area contributed by atoms with E-state index in [1.807, 2.05) is 48.4 Å². The summed E-state index contributed by atoms with van der Waals surface area (Å²) in [5, 5.41) is 8.81. The predicted octanol–water partition coefficient (Wildman–Crippen LogP) is 4.99. The molecule has 2 aromatic carbocycles. The number of pyridine rings is 1. The molecule has 0 spiro atoms. The summed E-state index contributed by atoms with van der Waals surface area (Å²) in [6, 6.07) is 18.0. The summed E-state index contributed by atoms with van der Waals surface area (Å²) < 4.78 is 10.7. The van der Waals surface area contributed by atoms with Gasteiger partial charge in [0.1, 0.15) is 23.7 Å². The Morgan fingerprint density at radius 2 is 2.00 bits per heavy atom. The molecule has 0 N–H and O–H groups in total. The zero-order chi connectivity index (χ0) is 23.3. The lowest BCUT2D eigenvalue weighted by Gasteiger charge is -2.22. The van der Waals surface area contributed by atoms with Crippen LogP contribution < -0.4 is 4.74 Å². The van der Waals surface area contributed by atoms with Crippen LogP contribution in [0.5, 0.6) is 5.75 Å². The molecule has 7 heteroatoms. The van der Waals surface area contributed by atoms with Crippen molar-refractivity contribution in [1.82, 2.24) is 20.2 Å². The maximum atomic E-state index is 13.4. The van der Waals surface area contributed by atoms with Gasteiger partial charge in [-0.3, -0.25) is 9.78 Å². The Labute approximate surface area is 198 Å². The lowest BCUT2D eigenvalue weighted by Crippen LogP contribution is -2.32. The highest BCUT2D eigenvalue weighted by Crippen LogP contribution is 2.27. The smallest absolute Gasteiger partial charge is 0.257 e. The Bertz CT molecular complexity index is 1290. The van der Waals surface area contributed by atoms with Gasteiger partial charge in [0.05, 0.1) is 11.1 Å². The molecule has 0 radical (unpaired) electrons. The number of likely N-dealkylation sites (tertiary alicyclic amines) is 1. The second kappa shape index (κ2) is 10.0. The number of amides is 1. The molecule has 2 aromatic heterocycles. The molecular formula is C27H28N4O3. The van der Waals surface area contributed by atoms with Crippen LogP contribution in [0.4, 0.5) is 0 Å². The fourth-order valence-corrected chi connectivity index (χ4v) is 4.62. The molecule has 1 amide bonds. The Kier molecular flexibility index (Phi) is 6.51. The van der Waals surface area contributed by atoms with E-state index in [0.717, 1.165) is 44.3 Å². The maximum Gasteiger partial charge on any atom is 0.257 e. The summed E-state index contributed by atoms with van der Waals surface area (Å²) in [7, 11) is 0. The SMILES string of the molecule is Cc1nonc1COc1ccccc1C(=O)N1CCCC(Cc2ccc3ncccc3c2)CC1. The summed E-state index contributed by atoms with van der Waals surface area (Å²) in [6.07, 6.45) is 5.96. The predicted molar refractivity (Wildman–Crippen MR) is 129 cm³/mol. The first-order chi connectivity index (χ1) is 16.7. The van der Waals surface area contributed by atoms with Crippen LogP contribution in [-0.2, 0) is 13.0 Å². The quantitative estimate of drug-likeness (QED) is 0.407. The Balaban J connectivity index is 1.23. The molecule has 1 aliphatic rings. The van der Waals surface area contributed by atoms with Crippen LogP contribution in [0.3, 0.4) is 0 Å². The fourth-order valence-electron chi connectivity index (χ4n) is 4.62. The number of benzene rings is 2. The molecule has 1 saturated heterocycles. The number of hydrogen-bond acceptors (Lipinski definition) is 6. The van der Waals surface area contributed by atoms with E-state index in [1.165, 1.54) is 10.9 Å². The molecule has 1 unspecified atom stereocenters. The van der Waals surface area contributed by atoms with Crippen molar-refractivity contribution < 1.29 is 14.2 Å². The molecule has 0 bridgehead atoms. The van der Waals surface area contributed by atoms with Gasteiger partial charge >= 0.3 is 0 Å². The highest BCUT2D eigenvalue weighted by Gasteiger charge is 2.24. The molecule has 4 aromatic rings. The molecule has 0 saturated carbocycles. The van der Waals surface area contributed by atoms with E-state index in [2.05, 4.69) is 39.6 Å². The zero-order valence-electron chi connectivity index (χ0n) is 19.3. The largest absolute Gasteiger partial charge is 0.486 e. The number of aryl methyl sites for hydroxylation is 1. The van der Waals surface area contributed by atoms with Crippen LogP contribution in [0, 0.1) is 12.8 Å². The molecule has 3 heterocycles. The van der Waals surface area contributed by atoms with Gasteiger partial charge in [-0.25, -0.2) is 4.63 Å². The van der Waals surface area contributed by atoms with Gasteiger partial charge in [0, 0.05) is 24.7 Å². The topological polar surface area (TPSA) is 81.3 Å². The molecule has 5 rings (SSSR count). The fraction of sp³-hybridized carbons (Fsp3) is 0.333. The molecule has 1 aliphatic heterocycles. The third-order valence-corrected chi connectivity index (χ3v) is 6.55. The van der Waals surface area contributed by atoms with E-state index in [-0.39, 0.29) is 12.5 Å². The number of fused-ring (bicyclic) bond motifs is 1. The van der Waals surface area contributed by atoms with Gasteiger partial charge in [0.15, 0.2) is 0 Å². The average molecular weight is 457 g/mol. The highest BCUT2D eigenvalue weighted by atomic mass is 16.6. The highest BCUT2D eigenvalue weighted by molar-refractivity contribution is 5.97. The first-order valence-electron chi connectivity index (χ1n) is 11.8. The second-order valence-electron chi connectivity index (χ2n) is 8.90. The van der Waals surface area contributed by atoms with Crippen LogP contribution >= 0.6 is 0 Å². The molecule has 0 aliphatic carbocycles. The van der Waals surface area contributed by atoms with Crippen LogP contribution in [0.25, 0.3) is 10.9 Å². The number of nitrogens with zero attached hydrogens (tertiary/aromatic N) is 4. The summed E-state index contributed by atoms with van der Waals surface area (Å²) in [5.41, 5.74) is 4.26. The van der Waals surface area contributed by atoms with Crippen molar-refractivity contribution in [2.24, 2.45) is 5.92 Å². The number of hydrogen-bond donors (Lipinski definition) is 0. The molecule has 1 atom stereocenters. The third kappa shape index (κ3) is 4.93. The first kappa shape index (κ1) is 22.1. The number of para-hydroxylation sites is 1. The second-order valence-corrected chi connectivity index (χ2v) is 8.90. The van der Waals surface area contributed by atoms with Crippen LogP contribution in [0.15, 0.2) is 65.4 Å². The third-order valence-electron chi connectivity index (χ3n) is 6.55. The van der Waals surface area contributed by atoms with E-state index in [9.17, 15) is 4.79 Å². The van der Waals surface area contributed by atoms with Gasteiger partial charge < -0.3 is 9.64 Å². The zero-order valence-corrected chi connectivity index (χ0v) is 19.3. The van der Waals surface area contributed by atoms with Crippen molar-refractivity contribution in [3.05, 3.63) is 83.3 Å². The van der Waals surface area contributed by atoms with Gasteiger partial charge in [0.2, 0.25) is 0 Å². The van der Waals surface area contributed by atoms with Crippen LogP contribution in [0.1, 0.15) is 46.6 Å². The van der Waals surface area contributed by atoms with E-state index in [0.29, 0.717) is 28.6 Å². The molecular weight excluding hydrogens is 428 g/mol. The minimum Gasteiger partial charge on any atom is -0.486 e. The average Bonchev–Trinajstić information content (AvgIpc) is 3.14. The summed E-state index contributed by atoms with van der Waals surface area (Å²) in [4.78, 5) is 19.8. The Morgan fingerprint density at radius 1 is 1.09 bits per heavy atom. The Hall–Kier alpha value is -3.74. The summed E-state index contributed by atoms with van der Waals surface area (Å²) >= 11 is 0. The summed E-state index contributed by atoms with van der Waals surface area (Å²) in [5.74, 6) is 1.13. The number of rotatable bonds is 6. The normalized spacial score (nSPS) is 16.4. The van der Waals surface area contributed by atoms with E-state index in [1.54, 1.807) is 0 Å². The van der Waals surface area contributed by atoms with Gasteiger partial charge in [-0.2, -0.15) is 0 Å². The van der Waals surface area contributed by atoms with Crippen molar-refractivity contribution in [3.63, 3.8) is 0 Å². The van der Waals surface area contributed by atoms with Crippen molar-refractivity contribution in [2.45, 2.75) is 39.2 Å². The molecule has 1 fully saturated rings. The van der Waals surface area contributed by atoms with E-state index in [4.69, 9.17) is 9.37 Å². The monoisotopic (exact) mass is 456 g/mol. The van der Waals surface area contributed by atoms with Crippen LogP contribution in [0.2, 0.25) is 0 Å². The summed E-state index contributed by atoms with van der Waals surface area (Å²) in [6.45, 7) is 3.54. The molecule has 174 valence electrons. The minimum absolute atomic E-state index is 0.0167. The Morgan fingerprint density at radius 3 is 2.88 bits per heavy atom. The number of ether oxygens (including phenoxy) is 1. The number of carbonyl (C=O) groups is 1. The van der Waals surface area contributed by atoms with Gasteiger partial charge in [-0.05, 0) is 74.4 Å². The maximum absolute atomic E-state index is 13.4. The molecule has 7 nitrogen and oxygen atoms in total.